The first kappa shape index (κ1) is 23.6. The minimum absolute atomic E-state index is 0.00572. The van der Waals surface area contributed by atoms with Gasteiger partial charge in [-0.1, -0.05) is 0 Å². The van der Waals surface area contributed by atoms with Crippen LogP contribution < -0.4 is 10.2 Å². The van der Waals surface area contributed by atoms with Gasteiger partial charge in [0.25, 0.3) is 0 Å². The summed E-state index contributed by atoms with van der Waals surface area (Å²) in [5.74, 6) is -3.26. The number of ether oxygens (including phenoxy) is 2. The van der Waals surface area contributed by atoms with Crippen molar-refractivity contribution in [2.24, 2.45) is 0 Å². The van der Waals surface area contributed by atoms with E-state index in [9.17, 15) is 23.2 Å². The van der Waals surface area contributed by atoms with Gasteiger partial charge in [-0.15, -0.1) is 0 Å². The van der Waals surface area contributed by atoms with E-state index in [1.807, 2.05) is 0 Å². The molecule has 1 saturated heterocycles. The monoisotopic (exact) mass is 426 g/mol. The number of benzene rings is 1. The molecule has 1 N–H and O–H groups in total. The molecule has 1 fully saturated rings. The first-order chi connectivity index (χ1) is 13.9. The lowest BCUT2D eigenvalue weighted by Crippen LogP contribution is -2.40. The Morgan fingerprint density at radius 1 is 1.27 bits per heavy atom. The Labute approximate surface area is 174 Å². The first-order valence-electron chi connectivity index (χ1n) is 9.84. The van der Waals surface area contributed by atoms with Crippen molar-refractivity contribution in [1.82, 2.24) is 5.32 Å². The van der Waals surface area contributed by atoms with Crippen molar-refractivity contribution in [2.75, 3.05) is 24.6 Å². The molecule has 1 aromatic rings. The standard InChI is InChI=1S/C21H28F2N2O5/c1-6-29-17(27)10-16(26)18-12(2)19(23)15(9-14(18)22)25-8-7-13(11-25)24-20(28)30-21(3,4)5/h9,13H,6-8,10-11H2,1-5H3,(H,24,28). The topological polar surface area (TPSA) is 84.9 Å². The Morgan fingerprint density at radius 2 is 1.93 bits per heavy atom. The smallest absolute Gasteiger partial charge is 0.407 e. The summed E-state index contributed by atoms with van der Waals surface area (Å²) in [6, 6.07) is 0.670. The number of carbonyl (C=O) groups is 3. The van der Waals surface area contributed by atoms with Gasteiger partial charge in [0.1, 0.15) is 23.7 Å². The van der Waals surface area contributed by atoms with Crippen molar-refractivity contribution in [3.63, 3.8) is 0 Å². The Morgan fingerprint density at radius 3 is 2.53 bits per heavy atom. The lowest BCUT2D eigenvalue weighted by Gasteiger charge is -2.23. The highest BCUT2D eigenvalue weighted by Crippen LogP contribution is 2.30. The van der Waals surface area contributed by atoms with Crippen molar-refractivity contribution >= 4 is 23.5 Å². The fourth-order valence-corrected chi connectivity index (χ4v) is 3.31. The molecule has 0 saturated carbocycles. The highest BCUT2D eigenvalue weighted by Gasteiger charge is 2.30. The van der Waals surface area contributed by atoms with Crippen LogP contribution in [0.3, 0.4) is 0 Å². The maximum atomic E-state index is 15.0. The van der Waals surface area contributed by atoms with Gasteiger partial charge in [-0.05, 0) is 41.0 Å². The van der Waals surface area contributed by atoms with E-state index in [-0.39, 0.29) is 30.4 Å². The van der Waals surface area contributed by atoms with Crippen LogP contribution in [0.25, 0.3) is 0 Å². The van der Waals surface area contributed by atoms with Crippen LogP contribution in [-0.4, -0.2) is 49.2 Å². The van der Waals surface area contributed by atoms with E-state index in [0.717, 1.165) is 6.07 Å². The summed E-state index contributed by atoms with van der Waals surface area (Å²) in [6.07, 6.45) is -0.698. The van der Waals surface area contributed by atoms with E-state index in [1.54, 1.807) is 32.6 Å². The van der Waals surface area contributed by atoms with Crippen molar-refractivity contribution in [3.8, 4) is 0 Å². The van der Waals surface area contributed by atoms with E-state index in [1.165, 1.54) is 6.92 Å². The molecule has 0 bridgehead atoms. The molecular weight excluding hydrogens is 398 g/mol. The summed E-state index contributed by atoms with van der Waals surface area (Å²) >= 11 is 0. The number of rotatable bonds is 6. The van der Waals surface area contributed by atoms with Gasteiger partial charge >= 0.3 is 12.1 Å². The molecule has 0 aromatic heterocycles. The van der Waals surface area contributed by atoms with Crippen molar-refractivity contribution in [2.45, 2.75) is 59.1 Å². The van der Waals surface area contributed by atoms with Gasteiger partial charge in [-0.2, -0.15) is 0 Å². The lowest BCUT2D eigenvalue weighted by molar-refractivity contribution is -0.141. The van der Waals surface area contributed by atoms with Crippen LogP contribution in [0.2, 0.25) is 0 Å². The lowest BCUT2D eigenvalue weighted by atomic mass is 10.00. The predicted molar refractivity (Wildman–Crippen MR) is 107 cm³/mol. The highest BCUT2D eigenvalue weighted by atomic mass is 19.1. The van der Waals surface area contributed by atoms with Crippen LogP contribution in [0.1, 0.15) is 56.5 Å². The quantitative estimate of drug-likeness (QED) is 0.426. The zero-order valence-corrected chi connectivity index (χ0v) is 17.9. The summed E-state index contributed by atoms with van der Waals surface area (Å²) in [6.45, 7) is 8.89. The van der Waals surface area contributed by atoms with Gasteiger partial charge in [-0.3, -0.25) is 9.59 Å². The number of Topliss-reactive ketones (excluding diaryl/α,β-unsaturated/α-hetero) is 1. The summed E-state index contributed by atoms with van der Waals surface area (Å²) in [7, 11) is 0. The van der Waals surface area contributed by atoms with Gasteiger partial charge in [0.2, 0.25) is 0 Å². The zero-order valence-electron chi connectivity index (χ0n) is 17.9. The second kappa shape index (κ2) is 9.40. The molecular formula is C21H28F2N2O5. The average Bonchev–Trinajstić information content (AvgIpc) is 3.04. The van der Waals surface area contributed by atoms with Crippen LogP contribution in [0.5, 0.6) is 0 Å². The number of anilines is 1. The maximum Gasteiger partial charge on any atom is 0.407 e. The van der Waals surface area contributed by atoms with Gasteiger partial charge in [0, 0.05) is 24.7 Å². The van der Waals surface area contributed by atoms with Crippen LogP contribution >= 0.6 is 0 Å². The number of hydrogen-bond acceptors (Lipinski definition) is 6. The van der Waals surface area contributed by atoms with Gasteiger partial charge in [0.05, 0.1) is 23.9 Å². The molecule has 9 heteroatoms. The van der Waals surface area contributed by atoms with Gasteiger partial charge in [-0.25, -0.2) is 13.6 Å². The summed E-state index contributed by atoms with van der Waals surface area (Å²) < 4.78 is 39.5. The SMILES string of the molecule is CCOC(=O)CC(=O)c1c(F)cc(N2CCC(NC(=O)OC(C)(C)C)C2)c(F)c1C. The number of alkyl carbamates (subject to hydrolysis) is 1. The molecule has 1 aliphatic rings. The molecule has 1 aliphatic heterocycles. The van der Waals surface area contributed by atoms with Crippen LogP contribution in [0.4, 0.5) is 19.3 Å². The Hall–Kier alpha value is -2.71. The molecule has 1 aromatic carbocycles. The number of ketones is 1. The number of amides is 1. The third kappa shape index (κ3) is 5.90. The number of nitrogens with one attached hydrogen (secondary N) is 1. The molecule has 0 spiro atoms. The van der Waals surface area contributed by atoms with E-state index in [4.69, 9.17) is 9.47 Å². The highest BCUT2D eigenvalue weighted by molar-refractivity contribution is 6.07. The van der Waals surface area contributed by atoms with Gasteiger partial charge in [0.15, 0.2) is 5.78 Å². The summed E-state index contributed by atoms with van der Waals surface area (Å²) in [4.78, 5) is 37.3. The average molecular weight is 426 g/mol. The molecule has 2 rings (SSSR count). The Bertz CT molecular complexity index is 836. The Kier molecular flexibility index (Phi) is 7.39. The largest absolute Gasteiger partial charge is 0.466 e. The summed E-state index contributed by atoms with van der Waals surface area (Å²) in [5.41, 5.74) is -1.25. The van der Waals surface area contributed by atoms with Crippen molar-refractivity contribution < 1.29 is 32.6 Å². The number of esters is 1. The minimum atomic E-state index is -0.901. The maximum absolute atomic E-state index is 15.0. The number of carbonyl (C=O) groups excluding carboxylic acids is 3. The molecule has 1 amide bonds. The van der Waals surface area contributed by atoms with Crippen LogP contribution in [0, 0.1) is 18.6 Å². The van der Waals surface area contributed by atoms with Crippen molar-refractivity contribution in [1.29, 1.82) is 0 Å². The molecule has 1 heterocycles. The first-order valence-corrected chi connectivity index (χ1v) is 9.84. The Balaban J connectivity index is 2.13. The molecule has 7 nitrogen and oxygen atoms in total. The molecule has 0 aliphatic carbocycles. The summed E-state index contributed by atoms with van der Waals surface area (Å²) in [5, 5.41) is 2.72. The fraction of sp³-hybridized carbons (Fsp3) is 0.571. The third-order valence-corrected chi connectivity index (χ3v) is 4.57. The minimum Gasteiger partial charge on any atom is -0.466 e. The third-order valence-electron chi connectivity index (χ3n) is 4.57. The molecule has 1 unspecified atom stereocenters. The number of nitrogens with zero attached hydrogens (tertiary/aromatic N) is 1. The van der Waals surface area contributed by atoms with Crippen LogP contribution in [0.15, 0.2) is 6.07 Å². The number of halogens is 2. The van der Waals surface area contributed by atoms with Gasteiger partial charge < -0.3 is 19.7 Å². The zero-order chi connectivity index (χ0) is 22.6. The fourth-order valence-electron chi connectivity index (χ4n) is 3.31. The van der Waals surface area contributed by atoms with E-state index in [0.29, 0.717) is 13.0 Å². The normalized spacial score (nSPS) is 16.4. The molecule has 166 valence electrons. The van der Waals surface area contributed by atoms with Crippen molar-refractivity contribution in [3.05, 3.63) is 28.8 Å². The van der Waals surface area contributed by atoms with Crippen LogP contribution in [-0.2, 0) is 14.3 Å². The number of hydrogen-bond donors (Lipinski definition) is 1. The van der Waals surface area contributed by atoms with E-state index < -0.39 is 47.1 Å². The second-order valence-corrected chi connectivity index (χ2v) is 8.17. The van der Waals surface area contributed by atoms with E-state index in [2.05, 4.69) is 5.32 Å². The van der Waals surface area contributed by atoms with E-state index >= 15 is 0 Å². The second-order valence-electron chi connectivity index (χ2n) is 8.17. The molecule has 1 atom stereocenters. The molecule has 0 radical (unpaired) electrons. The predicted octanol–water partition coefficient (Wildman–Crippen LogP) is 3.51. The molecule has 30 heavy (non-hydrogen) atoms.